The number of fused-ring (bicyclic) bond motifs is 1. The molecule has 3 rings (SSSR count). The summed E-state index contributed by atoms with van der Waals surface area (Å²) in [6, 6.07) is 9.94. The van der Waals surface area contributed by atoms with Crippen molar-refractivity contribution in [1.29, 1.82) is 0 Å². The van der Waals surface area contributed by atoms with Crippen LogP contribution in [-0.2, 0) is 17.8 Å². The lowest BCUT2D eigenvalue weighted by Gasteiger charge is -2.31. The van der Waals surface area contributed by atoms with E-state index in [2.05, 4.69) is 12.1 Å². The van der Waals surface area contributed by atoms with Crippen LogP contribution < -0.4 is 0 Å². The van der Waals surface area contributed by atoms with E-state index in [9.17, 15) is 9.59 Å². The summed E-state index contributed by atoms with van der Waals surface area (Å²) in [6.45, 7) is 5.73. The molecule has 0 atom stereocenters. The van der Waals surface area contributed by atoms with Gasteiger partial charge < -0.3 is 14.2 Å². The van der Waals surface area contributed by atoms with Gasteiger partial charge in [0.15, 0.2) is 0 Å². The molecule has 1 aliphatic rings. The Balaban J connectivity index is 1.60. The first-order valence-electron chi connectivity index (χ1n) is 8.74. The molecule has 0 radical (unpaired) electrons. The number of carbonyl (C=O) groups is 2. The Morgan fingerprint density at radius 1 is 1.20 bits per heavy atom. The van der Waals surface area contributed by atoms with Gasteiger partial charge in [-0.1, -0.05) is 24.3 Å². The first kappa shape index (κ1) is 17.3. The Kier molecular flexibility index (Phi) is 5.22. The van der Waals surface area contributed by atoms with Gasteiger partial charge in [-0.25, -0.2) is 0 Å². The van der Waals surface area contributed by atoms with E-state index in [0.29, 0.717) is 25.1 Å². The highest BCUT2D eigenvalue weighted by atomic mass is 16.3. The minimum atomic E-state index is -0.0967. The van der Waals surface area contributed by atoms with Crippen molar-refractivity contribution in [3.8, 4) is 0 Å². The van der Waals surface area contributed by atoms with Crippen molar-refractivity contribution in [2.75, 3.05) is 13.1 Å². The van der Waals surface area contributed by atoms with Crippen molar-refractivity contribution in [2.24, 2.45) is 0 Å². The quantitative estimate of drug-likeness (QED) is 0.840. The summed E-state index contributed by atoms with van der Waals surface area (Å²) in [5, 5.41) is 0. The van der Waals surface area contributed by atoms with Gasteiger partial charge in [0.25, 0.3) is 5.91 Å². The van der Waals surface area contributed by atoms with Crippen LogP contribution in [0.3, 0.4) is 0 Å². The van der Waals surface area contributed by atoms with Crippen LogP contribution in [0.25, 0.3) is 0 Å². The maximum Gasteiger partial charge on any atom is 0.257 e. The van der Waals surface area contributed by atoms with Crippen molar-refractivity contribution < 1.29 is 14.0 Å². The van der Waals surface area contributed by atoms with Crippen LogP contribution in [0.1, 0.15) is 41.8 Å². The summed E-state index contributed by atoms with van der Waals surface area (Å²) in [6.07, 6.45) is 4.16. The molecule has 0 spiro atoms. The Hall–Kier alpha value is -2.56. The van der Waals surface area contributed by atoms with E-state index in [0.717, 1.165) is 13.0 Å². The van der Waals surface area contributed by atoms with Crippen molar-refractivity contribution >= 4 is 11.8 Å². The third kappa shape index (κ3) is 3.92. The molecule has 0 fully saturated rings. The zero-order chi connectivity index (χ0) is 17.8. The molecule has 2 amide bonds. The standard InChI is InChI=1S/C20H24N2O3/c1-15(2)22(20(24)18-9-12-25-14-18)11-8-19(23)21-10-7-16-5-3-4-6-17(16)13-21/h3-6,9,12,14-15H,7-8,10-11,13H2,1-2H3. The second kappa shape index (κ2) is 7.55. The highest BCUT2D eigenvalue weighted by molar-refractivity contribution is 5.94. The fourth-order valence-corrected chi connectivity index (χ4v) is 3.23. The molecule has 0 bridgehead atoms. The molecule has 0 saturated heterocycles. The fourth-order valence-electron chi connectivity index (χ4n) is 3.23. The van der Waals surface area contributed by atoms with E-state index in [1.54, 1.807) is 11.0 Å². The number of benzene rings is 1. The number of carbonyl (C=O) groups excluding carboxylic acids is 2. The number of nitrogens with zero attached hydrogens (tertiary/aromatic N) is 2. The number of furan rings is 1. The zero-order valence-electron chi connectivity index (χ0n) is 14.8. The lowest BCUT2D eigenvalue weighted by atomic mass is 10.00. The second-order valence-electron chi connectivity index (χ2n) is 6.69. The smallest absolute Gasteiger partial charge is 0.257 e. The molecular formula is C20H24N2O3. The third-order valence-corrected chi connectivity index (χ3v) is 4.70. The molecule has 2 aromatic rings. The molecule has 0 N–H and O–H groups in total. The molecule has 0 saturated carbocycles. The van der Waals surface area contributed by atoms with Crippen LogP contribution in [-0.4, -0.2) is 40.7 Å². The molecule has 0 unspecified atom stereocenters. The molecular weight excluding hydrogens is 316 g/mol. The molecule has 1 aliphatic heterocycles. The Morgan fingerprint density at radius 3 is 2.64 bits per heavy atom. The van der Waals surface area contributed by atoms with Crippen molar-refractivity contribution in [1.82, 2.24) is 9.80 Å². The van der Waals surface area contributed by atoms with Crippen molar-refractivity contribution in [3.05, 3.63) is 59.5 Å². The largest absolute Gasteiger partial charge is 0.472 e. The van der Waals surface area contributed by atoms with Crippen molar-refractivity contribution in [3.63, 3.8) is 0 Å². The summed E-state index contributed by atoms with van der Waals surface area (Å²) < 4.78 is 5.00. The van der Waals surface area contributed by atoms with Gasteiger partial charge in [0, 0.05) is 32.1 Å². The van der Waals surface area contributed by atoms with Crippen LogP contribution in [0.5, 0.6) is 0 Å². The van der Waals surface area contributed by atoms with E-state index in [4.69, 9.17) is 4.42 Å². The number of amides is 2. The molecule has 132 valence electrons. The SMILES string of the molecule is CC(C)N(CCC(=O)N1CCc2ccccc2C1)C(=O)c1ccoc1. The number of rotatable bonds is 5. The Bertz CT molecular complexity index is 737. The highest BCUT2D eigenvalue weighted by Crippen LogP contribution is 2.19. The normalized spacial score (nSPS) is 13.6. The summed E-state index contributed by atoms with van der Waals surface area (Å²) >= 11 is 0. The second-order valence-corrected chi connectivity index (χ2v) is 6.69. The summed E-state index contributed by atoms with van der Waals surface area (Å²) in [4.78, 5) is 28.8. The summed E-state index contributed by atoms with van der Waals surface area (Å²) in [5.41, 5.74) is 3.07. The molecule has 25 heavy (non-hydrogen) atoms. The van der Waals surface area contributed by atoms with Gasteiger partial charge in [0.2, 0.25) is 5.91 Å². The number of hydrogen-bond donors (Lipinski definition) is 0. The molecule has 0 aliphatic carbocycles. The molecule has 5 nitrogen and oxygen atoms in total. The lowest BCUT2D eigenvalue weighted by molar-refractivity contribution is -0.132. The molecule has 5 heteroatoms. The van der Waals surface area contributed by atoms with Crippen LogP contribution >= 0.6 is 0 Å². The van der Waals surface area contributed by atoms with Gasteiger partial charge in [-0.3, -0.25) is 9.59 Å². The van der Waals surface area contributed by atoms with Gasteiger partial charge in [-0.2, -0.15) is 0 Å². The van der Waals surface area contributed by atoms with Gasteiger partial charge in [0.05, 0.1) is 11.8 Å². The zero-order valence-corrected chi connectivity index (χ0v) is 14.8. The van der Waals surface area contributed by atoms with E-state index in [-0.39, 0.29) is 17.9 Å². The fraction of sp³-hybridized carbons (Fsp3) is 0.400. The Morgan fingerprint density at radius 2 is 1.96 bits per heavy atom. The van der Waals surface area contributed by atoms with E-state index in [1.807, 2.05) is 30.9 Å². The average Bonchev–Trinajstić information content (AvgIpc) is 3.15. The van der Waals surface area contributed by atoms with Gasteiger partial charge >= 0.3 is 0 Å². The maximum absolute atomic E-state index is 12.6. The first-order valence-corrected chi connectivity index (χ1v) is 8.74. The lowest BCUT2D eigenvalue weighted by Crippen LogP contribution is -2.41. The summed E-state index contributed by atoms with van der Waals surface area (Å²) in [5.74, 6) is 0.000636. The van der Waals surface area contributed by atoms with Gasteiger partial charge in [-0.05, 0) is 37.5 Å². The number of hydrogen-bond acceptors (Lipinski definition) is 3. The maximum atomic E-state index is 12.6. The van der Waals surface area contributed by atoms with Crippen LogP contribution in [0, 0.1) is 0 Å². The van der Waals surface area contributed by atoms with Crippen LogP contribution in [0.15, 0.2) is 47.3 Å². The highest BCUT2D eigenvalue weighted by Gasteiger charge is 2.24. The predicted molar refractivity (Wildman–Crippen MR) is 95.1 cm³/mol. The third-order valence-electron chi connectivity index (χ3n) is 4.70. The predicted octanol–water partition coefficient (Wildman–Crippen LogP) is 3.11. The molecule has 2 heterocycles. The van der Waals surface area contributed by atoms with Gasteiger partial charge in [0.1, 0.15) is 6.26 Å². The minimum absolute atomic E-state index is 0.0253. The molecule has 1 aromatic heterocycles. The average molecular weight is 340 g/mol. The monoisotopic (exact) mass is 340 g/mol. The minimum Gasteiger partial charge on any atom is -0.472 e. The van der Waals surface area contributed by atoms with E-state index < -0.39 is 0 Å². The van der Waals surface area contributed by atoms with Crippen LogP contribution in [0.2, 0.25) is 0 Å². The van der Waals surface area contributed by atoms with E-state index in [1.165, 1.54) is 23.7 Å². The summed E-state index contributed by atoms with van der Waals surface area (Å²) in [7, 11) is 0. The Labute approximate surface area is 148 Å². The van der Waals surface area contributed by atoms with Crippen molar-refractivity contribution in [2.45, 2.75) is 39.3 Å². The first-order chi connectivity index (χ1) is 12.1. The van der Waals surface area contributed by atoms with Crippen LogP contribution in [0.4, 0.5) is 0 Å². The van der Waals surface area contributed by atoms with E-state index >= 15 is 0 Å². The van der Waals surface area contributed by atoms with Gasteiger partial charge in [-0.15, -0.1) is 0 Å². The topological polar surface area (TPSA) is 53.8 Å². The molecule has 1 aromatic carbocycles.